The van der Waals surface area contributed by atoms with E-state index in [1.54, 1.807) is 13.3 Å². The molecule has 1 unspecified atom stereocenters. The van der Waals surface area contributed by atoms with Crippen LogP contribution in [0.15, 0.2) is 30.3 Å². The summed E-state index contributed by atoms with van der Waals surface area (Å²) in [6.45, 7) is 1.31. The van der Waals surface area contributed by atoms with Gasteiger partial charge in [0.1, 0.15) is 0 Å². The summed E-state index contributed by atoms with van der Waals surface area (Å²) in [4.78, 5) is 0. The summed E-state index contributed by atoms with van der Waals surface area (Å²) in [5.74, 6) is 0. The van der Waals surface area contributed by atoms with Crippen LogP contribution in [0, 0.1) is 6.42 Å². The molecule has 0 aliphatic heterocycles. The lowest BCUT2D eigenvalue weighted by atomic mass is 9.98. The van der Waals surface area contributed by atoms with E-state index in [4.69, 9.17) is 5.11 Å². The zero-order chi connectivity index (χ0) is 9.03. The molecule has 0 saturated heterocycles. The second-order valence-electron chi connectivity index (χ2n) is 3.07. The van der Waals surface area contributed by atoms with Gasteiger partial charge in [-0.1, -0.05) is 30.3 Å². The van der Waals surface area contributed by atoms with Crippen molar-refractivity contribution in [2.75, 3.05) is 6.61 Å². The molecule has 1 radical (unpaired) electrons. The Hall–Kier alpha value is -0.860. The third-order valence-electron chi connectivity index (χ3n) is 1.60. The topological polar surface area (TPSA) is 40.5 Å². The van der Waals surface area contributed by atoms with Gasteiger partial charge in [0.05, 0.1) is 12.2 Å². The van der Waals surface area contributed by atoms with Gasteiger partial charge < -0.3 is 10.2 Å². The van der Waals surface area contributed by atoms with Crippen molar-refractivity contribution < 1.29 is 10.2 Å². The predicted octanol–water partition coefficient (Wildman–Crippen LogP) is 0.982. The number of hydrogen-bond acceptors (Lipinski definition) is 2. The van der Waals surface area contributed by atoms with Crippen LogP contribution in [0.4, 0.5) is 0 Å². The van der Waals surface area contributed by atoms with E-state index in [9.17, 15) is 5.11 Å². The molecule has 12 heavy (non-hydrogen) atoms. The molecule has 1 atom stereocenters. The standard InChI is InChI=1S/C10H13O2/c1-10(12,8-11)7-9-5-3-2-4-6-9/h2-7,11-12H,8H2,1H3. The van der Waals surface area contributed by atoms with E-state index in [1.807, 2.05) is 30.3 Å². The fraction of sp³-hybridized carbons (Fsp3) is 0.300. The van der Waals surface area contributed by atoms with Crippen LogP contribution < -0.4 is 0 Å². The first-order valence-corrected chi connectivity index (χ1v) is 3.88. The molecular formula is C10H13O2. The molecule has 1 aromatic carbocycles. The molecule has 2 heteroatoms. The predicted molar refractivity (Wildman–Crippen MR) is 47.6 cm³/mol. The Labute approximate surface area is 72.5 Å². The van der Waals surface area contributed by atoms with Crippen LogP contribution in [-0.2, 0) is 0 Å². The average molecular weight is 165 g/mol. The highest BCUT2D eigenvalue weighted by Crippen LogP contribution is 2.13. The third kappa shape index (κ3) is 2.64. The van der Waals surface area contributed by atoms with Gasteiger partial charge >= 0.3 is 0 Å². The Morgan fingerprint density at radius 1 is 1.33 bits per heavy atom. The van der Waals surface area contributed by atoms with Crippen molar-refractivity contribution in [1.82, 2.24) is 0 Å². The first-order valence-electron chi connectivity index (χ1n) is 3.88. The fourth-order valence-corrected chi connectivity index (χ4v) is 0.954. The Balaban J connectivity index is 2.64. The molecule has 2 nitrogen and oxygen atoms in total. The molecule has 0 fully saturated rings. The van der Waals surface area contributed by atoms with Gasteiger partial charge in [-0.2, -0.15) is 0 Å². The average Bonchev–Trinajstić information content (AvgIpc) is 2.06. The number of hydrogen-bond donors (Lipinski definition) is 2. The van der Waals surface area contributed by atoms with Gasteiger partial charge in [0, 0.05) is 6.42 Å². The van der Waals surface area contributed by atoms with Gasteiger partial charge in [0.2, 0.25) is 0 Å². The maximum absolute atomic E-state index is 9.47. The normalized spacial score (nSPS) is 15.6. The molecule has 65 valence electrons. The second-order valence-corrected chi connectivity index (χ2v) is 3.07. The van der Waals surface area contributed by atoms with Gasteiger partial charge in [-0.3, -0.25) is 0 Å². The Bertz CT molecular complexity index is 229. The van der Waals surface area contributed by atoms with Crippen molar-refractivity contribution in [2.24, 2.45) is 0 Å². The smallest absolute Gasteiger partial charge is 0.0924 e. The summed E-state index contributed by atoms with van der Waals surface area (Å²) in [5.41, 5.74) is -0.210. The van der Waals surface area contributed by atoms with Crippen molar-refractivity contribution in [3.63, 3.8) is 0 Å². The van der Waals surface area contributed by atoms with Gasteiger partial charge in [0.25, 0.3) is 0 Å². The summed E-state index contributed by atoms with van der Waals surface area (Å²) < 4.78 is 0. The number of aliphatic hydroxyl groups is 2. The van der Waals surface area contributed by atoms with Crippen molar-refractivity contribution in [3.8, 4) is 0 Å². The SMILES string of the molecule is CC(O)([CH]c1ccccc1)CO. The number of aliphatic hydroxyl groups excluding tert-OH is 1. The van der Waals surface area contributed by atoms with Crippen LogP contribution in [0.5, 0.6) is 0 Å². The Kier molecular flexibility index (Phi) is 2.84. The highest BCUT2D eigenvalue weighted by Gasteiger charge is 2.19. The fourth-order valence-electron chi connectivity index (χ4n) is 0.954. The van der Waals surface area contributed by atoms with Crippen molar-refractivity contribution >= 4 is 0 Å². The molecule has 0 aliphatic rings. The molecule has 0 spiro atoms. The monoisotopic (exact) mass is 165 g/mol. The molecule has 0 saturated carbocycles. The first kappa shape index (κ1) is 9.23. The molecule has 0 aromatic heterocycles. The van der Waals surface area contributed by atoms with Crippen molar-refractivity contribution in [2.45, 2.75) is 12.5 Å². The van der Waals surface area contributed by atoms with Crippen LogP contribution in [0.3, 0.4) is 0 Å². The van der Waals surface area contributed by atoms with E-state index in [1.165, 1.54) is 0 Å². The highest BCUT2D eigenvalue weighted by atomic mass is 16.3. The second kappa shape index (κ2) is 3.70. The van der Waals surface area contributed by atoms with Gasteiger partial charge in [0.15, 0.2) is 0 Å². The molecule has 0 amide bonds. The lowest BCUT2D eigenvalue weighted by Crippen LogP contribution is -2.29. The minimum Gasteiger partial charge on any atom is -0.393 e. The van der Waals surface area contributed by atoms with Gasteiger partial charge in [-0.15, -0.1) is 0 Å². The molecule has 2 N–H and O–H groups in total. The minimum atomic E-state index is -1.12. The largest absolute Gasteiger partial charge is 0.393 e. The summed E-state index contributed by atoms with van der Waals surface area (Å²) in [6, 6.07) is 9.44. The molecular weight excluding hydrogens is 152 g/mol. The third-order valence-corrected chi connectivity index (χ3v) is 1.60. The van der Waals surface area contributed by atoms with E-state index in [0.717, 1.165) is 5.56 Å². The van der Waals surface area contributed by atoms with E-state index in [-0.39, 0.29) is 6.61 Å². The van der Waals surface area contributed by atoms with Crippen molar-refractivity contribution in [1.29, 1.82) is 0 Å². The summed E-state index contributed by atoms with van der Waals surface area (Å²) in [7, 11) is 0. The van der Waals surface area contributed by atoms with Crippen LogP contribution >= 0.6 is 0 Å². The summed E-state index contributed by atoms with van der Waals surface area (Å²) in [6.07, 6.45) is 1.63. The Morgan fingerprint density at radius 2 is 1.92 bits per heavy atom. The van der Waals surface area contributed by atoms with E-state index >= 15 is 0 Å². The maximum Gasteiger partial charge on any atom is 0.0924 e. The van der Waals surface area contributed by atoms with Crippen molar-refractivity contribution in [3.05, 3.63) is 42.3 Å². The van der Waals surface area contributed by atoms with Crippen LogP contribution in [0.1, 0.15) is 12.5 Å². The van der Waals surface area contributed by atoms with Crippen LogP contribution in [-0.4, -0.2) is 22.4 Å². The number of benzene rings is 1. The van der Waals surface area contributed by atoms with Gasteiger partial charge in [-0.25, -0.2) is 0 Å². The summed E-state index contributed by atoms with van der Waals surface area (Å²) >= 11 is 0. The molecule has 0 heterocycles. The lowest BCUT2D eigenvalue weighted by molar-refractivity contribution is 0.0324. The lowest BCUT2D eigenvalue weighted by Gasteiger charge is -2.19. The zero-order valence-corrected chi connectivity index (χ0v) is 7.07. The molecule has 1 rings (SSSR count). The quantitative estimate of drug-likeness (QED) is 0.701. The first-order chi connectivity index (χ1) is 5.64. The van der Waals surface area contributed by atoms with Crippen LogP contribution in [0.2, 0.25) is 0 Å². The van der Waals surface area contributed by atoms with Gasteiger partial charge in [-0.05, 0) is 12.5 Å². The summed E-state index contributed by atoms with van der Waals surface area (Å²) in [5, 5.41) is 18.2. The van der Waals surface area contributed by atoms with Crippen LogP contribution in [0.25, 0.3) is 0 Å². The van der Waals surface area contributed by atoms with E-state index in [2.05, 4.69) is 0 Å². The van der Waals surface area contributed by atoms with E-state index in [0.29, 0.717) is 0 Å². The molecule has 0 aliphatic carbocycles. The van der Waals surface area contributed by atoms with E-state index < -0.39 is 5.60 Å². The highest BCUT2D eigenvalue weighted by molar-refractivity contribution is 5.26. The zero-order valence-electron chi connectivity index (χ0n) is 7.07. The Morgan fingerprint density at radius 3 is 2.42 bits per heavy atom. The molecule has 0 bridgehead atoms. The maximum atomic E-state index is 9.47. The minimum absolute atomic E-state index is 0.262. The number of rotatable bonds is 3. The molecule has 1 aromatic rings.